The van der Waals surface area contributed by atoms with E-state index in [1.54, 1.807) is 11.3 Å². The van der Waals surface area contributed by atoms with E-state index in [0.29, 0.717) is 12.5 Å². The second-order valence-electron chi connectivity index (χ2n) is 6.16. The van der Waals surface area contributed by atoms with Crippen LogP contribution in [0.4, 0.5) is 5.69 Å². The van der Waals surface area contributed by atoms with Crippen LogP contribution in [0.15, 0.2) is 58.9 Å². The molecule has 0 spiro atoms. The van der Waals surface area contributed by atoms with E-state index in [-0.39, 0.29) is 24.0 Å². The van der Waals surface area contributed by atoms with Crippen LogP contribution in [0.25, 0.3) is 11.3 Å². The van der Waals surface area contributed by atoms with E-state index in [1.807, 2.05) is 18.2 Å². The summed E-state index contributed by atoms with van der Waals surface area (Å²) in [6.45, 7) is 0.487. The Morgan fingerprint density at radius 2 is 1.92 bits per heavy atom. The number of nitrogens with one attached hydrogen (secondary N) is 1. The number of hydrogen-bond acceptors (Lipinski definition) is 3. The number of anilines is 1. The zero-order valence-electron chi connectivity index (χ0n) is 14.3. The lowest BCUT2D eigenvalue weighted by Gasteiger charge is -2.07. The summed E-state index contributed by atoms with van der Waals surface area (Å²) >= 11 is 1.61. The fourth-order valence-corrected chi connectivity index (χ4v) is 3.84. The maximum Gasteiger partial charge on any atom is 0.193 e. The molecule has 0 saturated carbocycles. The van der Waals surface area contributed by atoms with Crippen LogP contribution < -0.4 is 11.1 Å². The number of nitrogens with two attached hydrogens (primary N) is 1. The highest BCUT2D eigenvalue weighted by atomic mass is 127. The Balaban J connectivity index is 0.00000196. The Labute approximate surface area is 174 Å². The summed E-state index contributed by atoms with van der Waals surface area (Å²) in [5.74, 6) is 0.425. The summed E-state index contributed by atoms with van der Waals surface area (Å²) in [5, 5.41) is 6.20. The zero-order valence-corrected chi connectivity index (χ0v) is 17.5. The molecule has 134 valence electrons. The molecular formula is C20H21IN4S. The molecule has 0 fully saturated rings. The average Bonchev–Trinajstić information content (AvgIpc) is 3.30. The number of aryl methyl sites for hydroxylation is 2. The molecule has 0 unspecified atom stereocenters. The number of rotatable bonds is 4. The topological polar surface area (TPSA) is 63.3 Å². The first-order chi connectivity index (χ1) is 12.3. The number of aliphatic imine (C=N–C) groups is 1. The third-order valence-corrected chi connectivity index (χ3v) is 5.21. The quantitative estimate of drug-likeness (QED) is 0.322. The summed E-state index contributed by atoms with van der Waals surface area (Å²) in [7, 11) is 0. The van der Waals surface area contributed by atoms with E-state index in [9.17, 15) is 0 Å². The lowest BCUT2D eigenvalue weighted by molar-refractivity contribution is 0.912. The summed E-state index contributed by atoms with van der Waals surface area (Å²) in [4.78, 5) is 9.06. The van der Waals surface area contributed by atoms with Gasteiger partial charge in [-0.1, -0.05) is 36.4 Å². The van der Waals surface area contributed by atoms with Crippen LogP contribution in [0.1, 0.15) is 22.6 Å². The van der Waals surface area contributed by atoms with E-state index in [4.69, 9.17) is 5.73 Å². The summed E-state index contributed by atoms with van der Waals surface area (Å²) in [6, 6.07) is 16.6. The molecular weight excluding hydrogens is 455 g/mol. The standard InChI is InChI=1S/C20H20N4S.HI/c21-20(23-17-10-9-14-7-4-8-16(14)11-17)22-12-19-24-18(13-25-19)15-5-2-1-3-6-15;/h1-3,5-6,9-11,13H,4,7-8,12H2,(H3,21,22,23);1H. The number of hydrogen-bond donors (Lipinski definition) is 2. The van der Waals surface area contributed by atoms with Crippen LogP contribution in [0, 0.1) is 0 Å². The highest BCUT2D eigenvalue weighted by Crippen LogP contribution is 2.25. The molecule has 1 heterocycles. The molecule has 0 bridgehead atoms. The normalized spacial score (nSPS) is 13.2. The van der Waals surface area contributed by atoms with Gasteiger partial charge in [0.25, 0.3) is 0 Å². The Kier molecular flexibility index (Phi) is 6.26. The zero-order chi connectivity index (χ0) is 17.1. The highest BCUT2D eigenvalue weighted by Gasteiger charge is 2.11. The van der Waals surface area contributed by atoms with Crippen LogP contribution in [-0.2, 0) is 19.4 Å². The fraction of sp³-hybridized carbons (Fsp3) is 0.200. The van der Waals surface area contributed by atoms with E-state index >= 15 is 0 Å². The first kappa shape index (κ1) is 18.8. The molecule has 0 saturated heterocycles. The lowest BCUT2D eigenvalue weighted by atomic mass is 10.1. The largest absolute Gasteiger partial charge is 0.370 e. The van der Waals surface area contributed by atoms with Gasteiger partial charge in [0.1, 0.15) is 5.01 Å². The van der Waals surface area contributed by atoms with Crippen LogP contribution in [-0.4, -0.2) is 10.9 Å². The third-order valence-electron chi connectivity index (χ3n) is 4.38. The number of guanidine groups is 1. The van der Waals surface area contributed by atoms with Gasteiger partial charge in [-0.3, -0.25) is 0 Å². The van der Waals surface area contributed by atoms with Gasteiger partial charge in [-0.25, -0.2) is 9.98 Å². The van der Waals surface area contributed by atoms with Gasteiger partial charge in [0, 0.05) is 16.6 Å². The Hall–Kier alpha value is -1.93. The molecule has 4 rings (SSSR count). The Morgan fingerprint density at radius 1 is 1.12 bits per heavy atom. The van der Waals surface area contributed by atoms with Gasteiger partial charge in [-0.15, -0.1) is 35.3 Å². The average molecular weight is 476 g/mol. The van der Waals surface area contributed by atoms with Crippen LogP contribution in [0.2, 0.25) is 0 Å². The molecule has 1 aliphatic rings. The minimum atomic E-state index is 0. The minimum absolute atomic E-state index is 0. The first-order valence-corrected chi connectivity index (χ1v) is 9.34. The summed E-state index contributed by atoms with van der Waals surface area (Å²) < 4.78 is 0. The van der Waals surface area contributed by atoms with Crippen molar-refractivity contribution in [3.8, 4) is 11.3 Å². The van der Waals surface area contributed by atoms with E-state index in [2.05, 4.69) is 51.0 Å². The number of benzene rings is 2. The number of halogens is 1. The summed E-state index contributed by atoms with van der Waals surface area (Å²) in [6.07, 6.45) is 3.59. The second-order valence-corrected chi connectivity index (χ2v) is 7.10. The number of thiazole rings is 1. The van der Waals surface area contributed by atoms with Crippen molar-refractivity contribution in [3.63, 3.8) is 0 Å². The maximum atomic E-state index is 6.03. The molecule has 26 heavy (non-hydrogen) atoms. The molecule has 1 aliphatic carbocycles. The summed E-state index contributed by atoms with van der Waals surface area (Å²) in [5.41, 5.74) is 12.0. The Morgan fingerprint density at radius 3 is 2.77 bits per heavy atom. The van der Waals surface area contributed by atoms with Gasteiger partial charge in [0.2, 0.25) is 0 Å². The van der Waals surface area contributed by atoms with Crippen molar-refractivity contribution >= 4 is 47.0 Å². The molecule has 2 aromatic carbocycles. The first-order valence-electron chi connectivity index (χ1n) is 8.46. The molecule has 0 amide bonds. The van der Waals surface area contributed by atoms with Crippen LogP contribution >= 0.6 is 35.3 Å². The highest BCUT2D eigenvalue weighted by molar-refractivity contribution is 14.0. The molecule has 0 radical (unpaired) electrons. The number of nitrogens with zero attached hydrogens (tertiary/aromatic N) is 2. The van der Waals surface area contributed by atoms with Crippen molar-refractivity contribution < 1.29 is 0 Å². The lowest BCUT2D eigenvalue weighted by Crippen LogP contribution is -2.22. The van der Waals surface area contributed by atoms with Crippen molar-refractivity contribution in [2.75, 3.05) is 5.32 Å². The molecule has 6 heteroatoms. The van der Waals surface area contributed by atoms with Crippen molar-refractivity contribution in [1.29, 1.82) is 0 Å². The third kappa shape index (κ3) is 4.42. The van der Waals surface area contributed by atoms with Gasteiger partial charge in [-0.05, 0) is 42.5 Å². The smallest absolute Gasteiger partial charge is 0.193 e. The Bertz CT molecular complexity index is 905. The molecule has 0 atom stereocenters. The van der Waals surface area contributed by atoms with Crippen LogP contribution in [0.5, 0.6) is 0 Å². The predicted octanol–water partition coefficient (Wildman–Crippen LogP) is 4.84. The van der Waals surface area contributed by atoms with Crippen LogP contribution in [0.3, 0.4) is 0 Å². The van der Waals surface area contributed by atoms with Crippen molar-refractivity contribution in [3.05, 3.63) is 70.0 Å². The number of aromatic nitrogens is 1. The van der Waals surface area contributed by atoms with Gasteiger partial charge in [0.15, 0.2) is 5.96 Å². The molecule has 3 N–H and O–H groups in total. The maximum absolute atomic E-state index is 6.03. The van der Waals surface area contributed by atoms with Gasteiger partial charge in [0.05, 0.1) is 12.2 Å². The van der Waals surface area contributed by atoms with Crippen molar-refractivity contribution in [2.45, 2.75) is 25.8 Å². The SMILES string of the molecule is I.NC(=NCc1nc(-c2ccccc2)cs1)Nc1ccc2c(c1)CCC2. The van der Waals surface area contributed by atoms with Crippen molar-refractivity contribution in [1.82, 2.24) is 4.98 Å². The van der Waals surface area contributed by atoms with Gasteiger partial charge < -0.3 is 11.1 Å². The second kappa shape index (κ2) is 8.64. The van der Waals surface area contributed by atoms with E-state index in [0.717, 1.165) is 28.4 Å². The fourth-order valence-electron chi connectivity index (χ4n) is 3.11. The number of fused-ring (bicyclic) bond motifs is 1. The van der Waals surface area contributed by atoms with E-state index < -0.39 is 0 Å². The van der Waals surface area contributed by atoms with E-state index in [1.165, 1.54) is 24.0 Å². The monoisotopic (exact) mass is 476 g/mol. The molecule has 4 nitrogen and oxygen atoms in total. The van der Waals surface area contributed by atoms with Gasteiger partial charge in [-0.2, -0.15) is 0 Å². The predicted molar refractivity (Wildman–Crippen MR) is 120 cm³/mol. The minimum Gasteiger partial charge on any atom is -0.370 e. The van der Waals surface area contributed by atoms with Crippen molar-refractivity contribution in [2.24, 2.45) is 10.7 Å². The van der Waals surface area contributed by atoms with Gasteiger partial charge >= 0.3 is 0 Å². The molecule has 0 aliphatic heterocycles. The molecule has 3 aromatic rings. The molecule has 1 aromatic heterocycles.